The first-order chi connectivity index (χ1) is 13.4. The number of rotatable bonds is 15. The third-order valence-corrected chi connectivity index (χ3v) is 5.41. The van der Waals surface area contributed by atoms with E-state index >= 15 is 0 Å². The first kappa shape index (κ1) is 24.7. The Morgan fingerprint density at radius 2 is 1.89 bits per heavy atom. The zero-order chi connectivity index (χ0) is 20.8. The Morgan fingerprint density at radius 3 is 2.61 bits per heavy atom. The molecule has 3 N–H and O–H groups in total. The number of carbonyl (C=O) groups is 2. The first-order valence-electron chi connectivity index (χ1n) is 10.8. The molecule has 0 radical (unpaired) electrons. The van der Waals surface area contributed by atoms with Crippen molar-refractivity contribution in [3.05, 3.63) is 24.3 Å². The van der Waals surface area contributed by atoms with E-state index in [1.165, 1.54) is 0 Å². The van der Waals surface area contributed by atoms with Crippen molar-refractivity contribution >= 4 is 11.6 Å². The van der Waals surface area contributed by atoms with Gasteiger partial charge in [0.1, 0.15) is 12.4 Å². The molecule has 0 heterocycles. The molecule has 5 heteroatoms. The molecule has 0 aromatic rings. The molecule has 0 aliphatic heterocycles. The van der Waals surface area contributed by atoms with Crippen LogP contribution in [0.25, 0.3) is 0 Å². The van der Waals surface area contributed by atoms with E-state index in [0.717, 1.165) is 51.4 Å². The van der Waals surface area contributed by atoms with Crippen LogP contribution in [0, 0.1) is 11.8 Å². The molecule has 1 aliphatic rings. The molecule has 1 rings (SSSR count). The van der Waals surface area contributed by atoms with Crippen LogP contribution < -0.4 is 0 Å². The molecular formula is C23H38O5. The Morgan fingerprint density at radius 1 is 1.14 bits per heavy atom. The fourth-order valence-electron chi connectivity index (χ4n) is 3.68. The Balaban J connectivity index is 2.28. The summed E-state index contributed by atoms with van der Waals surface area (Å²) in [5.41, 5.74) is 0. The smallest absolute Gasteiger partial charge is 0.158 e. The molecule has 0 spiro atoms. The standard InChI is InChI=1S/C23H38O5/c1-18(25)9-6-7-11-20(26)13-8-10-19-15-16-23(28)22(19)14-5-3-2-4-12-21(27)17-24/h3,5,8,10,18-20,22,24-26H,2,4,6-7,9,11-17H2,1H3/t18?,19-,20?,22+/m0/s1. The van der Waals surface area contributed by atoms with Gasteiger partial charge < -0.3 is 15.3 Å². The summed E-state index contributed by atoms with van der Waals surface area (Å²) in [6.07, 6.45) is 15.7. The van der Waals surface area contributed by atoms with Gasteiger partial charge in [-0.3, -0.25) is 9.59 Å². The highest BCUT2D eigenvalue weighted by molar-refractivity contribution is 5.83. The van der Waals surface area contributed by atoms with E-state index in [1.54, 1.807) is 6.92 Å². The number of hydrogen-bond acceptors (Lipinski definition) is 5. The van der Waals surface area contributed by atoms with E-state index in [1.807, 2.05) is 18.2 Å². The minimum absolute atomic E-state index is 0.0229. The quantitative estimate of drug-likeness (QED) is 0.292. The van der Waals surface area contributed by atoms with Gasteiger partial charge >= 0.3 is 0 Å². The summed E-state index contributed by atoms with van der Waals surface area (Å²) < 4.78 is 0. The number of hydrogen-bond donors (Lipinski definition) is 3. The van der Waals surface area contributed by atoms with Crippen molar-refractivity contribution in [2.45, 2.75) is 89.8 Å². The summed E-state index contributed by atoms with van der Waals surface area (Å²) in [4.78, 5) is 23.2. The number of Topliss-reactive ketones (excluding diaryl/α,β-unsaturated/α-hetero) is 2. The topological polar surface area (TPSA) is 94.8 Å². The van der Waals surface area contributed by atoms with Crippen molar-refractivity contribution in [3.8, 4) is 0 Å². The summed E-state index contributed by atoms with van der Waals surface area (Å²) >= 11 is 0. The molecule has 1 fully saturated rings. The van der Waals surface area contributed by atoms with Crippen molar-refractivity contribution in [3.63, 3.8) is 0 Å². The van der Waals surface area contributed by atoms with Gasteiger partial charge in [0, 0.05) is 18.8 Å². The average Bonchev–Trinajstić information content (AvgIpc) is 3.01. The Labute approximate surface area is 169 Å². The number of carbonyl (C=O) groups excluding carboxylic acids is 2. The fraction of sp³-hybridized carbons (Fsp3) is 0.739. The molecule has 0 aromatic carbocycles. The summed E-state index contributed by atoms with van der Waals surface area (Å²) in [7, 11) is 0. The van der Waals surface area contributed by atoms with Crippen molar-refractivity contribution < 1.29 is 24.9 Å². The van der Waals surface area contributed by atoms with Gasteiger partial charge in [0.15, 0.2) is 5.78 Å². The van der Waals surface area contributed by atoms with Gasteiger partial charge in [-0.25, -0.2) is 0 Å². The van der Waals surface area contributed by atoms with Crippen LogP contribution in [0.2, 0.25) is 0 Å². The largest absolute Gasteiger partial charge is 0.393 e. The molecule has 0 aromatic heterocycles. The Hall–Kier alpha value is -1.30. The Kier molecular flexibility index (Phi) is 13.0. The predicted octanol–water partition coefficient (Wildman–Crippen LogP) is 3.51. The monoisotopic (exact) mass is 394 g/mol. The highest BCUT2D eigenvalue weighted by atomic mass is 16.3. The Bertz CT molecular complexity index is 509. The number of allylic oxidation sites excluding steroid dienone is 3. The molecule has 1 saturated carbocycles. The van der Waals surface area contributed by atoms with Gasteiger partial charge in [0.05, 0.1) is 12.2 Å². The molecule has 28 heavy (non-hydrogen) atoms. The maximum atomic E-state index is 12.1. The second-order valence-corrected chi connectivity index (χ2v) is 8.02. The summed E-state index contributed by atoms with van der Waals surface area (Å²) in [6, 6.07) is 0. The van der Waals surface area contributed by atoms with Gasteiger partial charge in [0.2, 0.25) is 0 Å². The van der Waals surface area contributed by atoms with Crippen LogP contribution in [0.3, 0.4) is 0 Å². The maximum absolute atomic E-state index is 12.1. The molecule has 2 unspecified atom stereocenters. The molecular weight excluding hydrogens is 356 g/mol. The van der Waals surface area contributed by atoms with Gasteiger partial charge in [-0.1, -0.05) is 37.1 Å². The highest BCUT2D eigenvalue weighted by Crippen LogP contribution is 2.33. The van der Waals surface area contributed by atoms with Crippen molar-refractivity contribution in [2.75, 3.05) is 6.61 Å². The molecule has 5 nitrogen and oxygen atoms in total. The SMILES string of the molecule is CC(O)CCCCC(O)CC=C[C@H]1CCC(=O)[C@@H]1CC=CCCCC(=O)CO. The van der Waals surface area contributed by atoms with E-state index in [9.17, 15) is 19.8 Å². The predicted molar refractivity (Wildman–Crippen MR) is 111 cm³/mol. The molecule has 0 bridgehead atoms. The molecule has 1 aliphatic carbocycles. The maximum Gasteiger partial charge on any atom is 0.158 e. The van der Waals surface area contributed by atoms with E-state index in [0.29, 0.717) is 25.0 Å². The van der Waals surface area contributed by atoms with Gasteiger partial charge in [-0.15, -0.1) is 0 Å². The normalized spacial score (nSPS) is 22.4. The molecule has 0 amide bonds. The van der Waals surface area contributed by atoms with Crippen LogP contribution in [0.4, 0.5) is 0 Å². The van der Waals surface area contributed by atoms with Crippen LogP contribution in [0.15, 0.2) is 24.3 Å². The lowest BCUT2D eigenvalue weighted by Gasteiger charge is -2.13. The summed E-state index contributed by atoms with van der Waals surface area (Å²) in [5, 5.41) is 28.0. The van der Waals surface area contributed by atoms with Crippen LogP contribution in [-0.4, -0.2) is 45.7 Å². The van der Waals surface area contributed by atoms with E-state index in [-0.39, 0.29) is 36.4 Å². The lowest BCUT2D eigenvalue weighted by molar-refractivity contribution is -0.122. The van der Waals surface area contributed by atoms with Gasteiger partial charge in [0.25, 0.3) is 0 Å². The minimum atomic E-state index is -0.384. The van der Waals surface area contributed by atoms with Crippen LogP contribution in [0.1, 0.15) is 77.6 Å². The third-order valence-electron chi connectivity index (χ3n) is 5.41. The number of aliphatic hydroxyl groups is 3. The lowest BCUT2D eigenvalue weighted by atomic mass is 9.91. The van der Waals surface area contributed by atoms with E-state index < -0.39 is 0 Å². The second kappa shape index (κ2) is 14.7. The lowest BCUT2D eigenvalue weighted by Crippen LogP contribution is -2.12. The van der Waals surface area contributed by atoms with Gasteiger partial charge in [-0.05, 0) is 57.8 Å². The van der Waals surface area contributed by atoms with Crippen LogP contribution in [-0.2, 0) is 9.59 Å². The number of unbranched alkanes of at least 4 members (excludes halogenated alkanes) is 2. The fourth-order valence-corrected chi connectivity index (χ4v) is 3.68. The second-order valence-electron chi connectivity index (χ2n) is 8.02. The van der Waals surface area contributed by atoms with Crippen LogP contribution in [0.5, 0.6) is 0 Å². The highest BCUT2D eigenvalue weighted by Gasteiger charge is 2.31. The molecule has 0 saturated heterocycles. The van der Waals surface area contributed by atoms with Gasteiger partial charge in [-0.2, -0.15) is 0 Å². The molecule has 160 valence electrons. The average molecular weight is 395 g/mol. The zero-order valence-electron chi connectivity index (χ0n) is 17.3. The number of aliphatic hydroxyl groups excluding tert-OH is 3. The van der Waals surface area contributed by atoms with Crippen molar-refractivity contribution in [1.82, 2.24) is 0 Å². The van der Waals surface area contributed by atoms with Crippen molar-refractivity contribution in [1.29, 1.82) is 0 Å². The molecule has 4 atom stereocenters. The minimum Gasteiger partial charge on any atom is -0.393 e. The van der Waals surface area contributed by atoms with E-state index in [4.69, 9.17) is 5.11 Å². The van der Waals surface area contributed by atoms with E-state index in [2.05, 4.69) is 6.08 Å². The summed E-state index contributed by atoms with van der Waals surface area (Å²) in [5.74, 6) is 0.452. The zero-order valence-corrected chi connectivity index (χ0v) is 17.3. The van der Waals surface area contributed by atoms with Crippen LogP contribution >= 0.6 is 0 Å². The third kappa shape index (κ3) is 10.9. The summed E-state index contributed by atoms with van der Waals surface area (Å²) in [6.45, 7) is 1.40. The number of ketones is 2. The van der Waals surface area contributed by atoms with Crippen molar-refractivity contribution in [2.24, 2.45) is 11.8 Å². The first-order valence-corrected chi connectivity index (χ1v) is 10.8.